The molecule has 1 unspecified atom stereocenters. The molecule has 15 heavy (non-hydrogen) atoms. The third-order valence-electron chi connectivity index (χ3n) is 2.20. The molecule has 0 bridgehead atoms. The number of hydrogen-bond donors (Lipinski definition) is 1. The molecule has 3 heteroatoms. The zero-order chi connectivity index (χ0) is 10.8. The summed E-state index contributed by atoms with van der Waals surface area (Å²) >= 11 is 3.40. The molecule has 2 nitrogen and oxygen atoms in total. The molecular weight excluding hydrogens is 254 g/mol. The van der Waals surface area contributed by atoms with Crippen molar-refractivity contribution in [2.75, 3.05) is 0 Å². The number of furan rings is 1. The fourth-order valence-electron chi connectivity index (χ4n) is 1.37. The third-order valence-corrected chi connectivity index (χ3v) is 2.73. The van der Waals surface area contributed by atoms with E-state index in [1.165, 1.54) is 0 Å². The van der Waals surface area contributed by atoms with E-state index in [9.17, 15) is 0 Å². The quantitative estimate of drug-likeness (QED) is 0.899. The zero-order valence-electron chi connectivity index (χ0n) is 8.41. The van der Waals surface area contributed by atoms with Crippen molar-refractivity contribution in [1.29, 1.82) is 0 Å². The van der Waals surface area contributed by atoms with Crippen LogP contribution in [0.1, 0.15) is 18.7 Å². The van der Waals surface area contributed by atoms with Gasteiger partial charge in [-0.2, -0.15) is 0 Å². The summed E-state index contributed by atoms with van der Waals surface area (Å²) in [5.41, 5.74) is 6.79. The zero-order valence-corrected chi connectivity index (χ0v) is 9.99. The number of halogens is 1. The second-order valence-electron chi connectivity index (χ2n) is 3.50. The molecule has 0 amide bonds. The van der Waals surface area contributed by atoms with Gasteiger partial charge in [0.1, 0.15) is 11.5 Å². The van der Waals surface area contributed by atoms with Gasteiger partial charge in [-0.1, -0.05) is 28.1 Å². The Morgan fingerprint density at radius 2 is 1.80 bits per heavy atom. The first-order valence-electron chi connectivity index (χ1n) is 4.78. The molecule has 1 aromatic carbocycles. The second kappa shape index (κ2) is 4.21. The standard InChI is InChI=1S/C12H12BrNO/c1-8(14)11-6-7-12(15-11)9-2-4-10(13)5-3-9/h2-8H,14H2,1H3. The Labute approximate surface area is 97.2 Å². The molecule has 1 aromatic heterocycles. The molecule has 2 rings (SSSR count). The van der Waals surface area contributed by atoms with Gasteiger partial charge >= 0.3 is 0 Å². The average Bonchev–Trinajstić information content (AvgIpc) is 2.68. The van der Waals surface area contributed by atoms with Crippen LogP contribution in [0.3, 0.4) is 0 Å². The van der Waals surface area contributed by atoms with Crippen LogP contribution in [0.2, 0.25) is 0 Å². The molecule has 0 radical (unpaired) electrons. The minimum absolute atomic E-state index is 0.0609. The maximum absolute atomic E-state index is 5.73. The van der Waals surface area contributed by atoms with E-state index < -0.39 is 0 Å². The van der Waals surface area contributed by atoms with Gasteiger partial charge in [-0.05, 0) is 31.2 Å². The first-order chi connectivity index (χ1) is 7.16. The van der Waals surface area contributed by atoms with Crippen LogP contribution >= 0.6 is 15.9 Å². The Kier molecular flexibility index (Phi) is 2.93. The van der Waals surface area contributed by atoms with Crippen molar-refractivity contribution in [1.82, 2.24) is 0 Å². The van der Waals surface area contributed by atoms with E-state index in [1.807, 2.05) is 43.3 Å². The predicted molar refractivity (Wildman–Crippen MR) is 64.4 cm³/mol. The maximum atomic E-state index is 5.73. The van der Waals surface area contributed by atoms with E-state index >= 15 is 0 Å². The molecule has 0 saturated carbocycles. The monoisotopic (exact) mass is 265 g/mol. The first kappa shape index (κ1) is 10.5. The minimum Gasteiger partial charge on any atom is -0.459 e. The Balaban J connectivity index is 2.33. The normalized spacial score (nSPS) is 12.7. The van der Waals surface area contributed by atoms with Crippen molar-refractivity contribution in [3.05, 3.63) is 46.6 Å². The molecule has 0 spiro atoms. The highest BCUT2D eigenvalue weighted by molar-refractivity contribution is 9.10. The Morgan fingerprint density at radius 1 is 1.13 bits per heavy atom. The minimum atomic E-state index is -0.0609. The van der Waals surface area contributed by atoms with Crippen LogP contribution in [0.5, 0.6) is 0 Å². The van der Waals surface area contributed by atoms with Gasteiger partial charge in [-0.3, -0.25) is 0 Å². The van der Waals surface area contributed by atoms with E-state index in [0.29, 0.717) is 0 Å². The van der Waals surface area contributed by atoms with Gasteiger partial charge in [0.25, 0.3) is 0 Å². The third kappa shape index (κ3) is 2.30. The van der Waals surface area contributed by atoms with Crippen LogP contribution in [-0.2, 0) is 0 Å². The molecule has 0 aliphatic carbocycles. The van der Waals surface area contributed by atoms with Gasteiger partial charge in [0.2, 0.25) is 0 Å². The largest absolute Gasteiger partial charge is 0.459 e. The van der Waals surface area contributed by atoms with Crippen LogP contribution in [0.25, 0.3) is 11.3 Å². The lowest BCUT2D eigenvalue weighted by Crippen LogP contribution is -2.02. The summed E-state index contributed by atoms with van der Waals surface area (Å²) in [5.74, 6) is 1.67. The molecule has 1 atom stereocenters. The second-order valence-corrected chi connectivity index (χ2v) is 4.41. The summed E-state index contributed by atoms with van der Waals surface area (Å²) in [6.07, 6.45) is 0. The summed E-state index contributed by atoms with van der Waals surface area (Å²) in [4.78, 5) is 0. The summed E-state index contributed by atoms with van der Waals surface area (Å²) in [5, 5.41) is 0. The van der Waals surface area contributed by atoms with Crippen molar-refractivity contribution in [3.8, 4) is 11.3 Å². The molecule has 0 aliphatic rings. The van der Waals surface area contributed by atoms with E-state index in [1.54, 1.807) is 0 Å². The molecule has 78 valence electrons. The van der Waals surface area contributed by atoms with Crippen LogP contribution < -0.4 is 5.73 Å². The Bertz CT molecular complexity index is 445. The van der Waals surface area contributed by atoms with Gasteiger partial charge < -0.3 is 10.2 Å². The Morgan fingerprint density at radius 3 is 2.33 bits per heavy atom. The lowest BCUT2D eigenvalue weighted by atomic mass is 10.2. The van der Waals surface area contributed by atoms with Crippen LogP contribution in [0.15, 0.2) is 45.3 Å². The predicted octanol–water partition coefficient (Wildman–Crippen LogP) is 3.73. The summed E-state index contributed by atoms with van der Waals surface area (Å²) in [6.45, 7) is 1.91. The van der Waals surface area contributed by atoms with Crippen molar-refractivity contribution in [2.24, 2.45) is 5.73 Å². The lowest BCUT2D eigenvalue weighted by Gasteiger charge is -2.00. The smallest absolute Gasteiger partial charge is 0.134 e. The van der Waals surface area contributed by atoms with Gasteiger partial charge in [-0.15, -0.1) is 0 Å². The van der Waals surface area contributed by atoms with Crippen molar-refractivity contribution in [2.45, 2.75) is 13.0 Å². The number of hydrogen-bond acceptors (Lipinski definition) is 2. The molecule has 2 aromatic rings. The highest BCUT2D eigenvalue weighted by atomic mass is 79.9. The summed E-state index contributed by atoms with van der Waals surface area (Å²) in [6, 6.07) is 11.8. The van der Waals surface area contributed by atoms with Gasteiger partial charge in [0.05, 0.1) is 6.04 Å². The van der Waals surface area contributed by atoms with Crippen molar-refractivity contribution >= 4 is 15.9 Å². The van der Waals surface area contributed by atoms with Gasteiger partial charge in [0, 0.05) is 10.0 Å². The molecule has 0 fully saturated rings. The lowest BCUT2D eigenvalue weighted by molar-refractivity contribution is 0.491. The fourth-order valence-corrected chi connectivity index (χ4v) is 1.63. The highest BCUT2D eigenvalue weighted by Crippen LogP contribution is 2.25. The van der Waals surface area contributed by atoms with E-state index in [0.717, 1.165) is 21.6 Å². The maximum Gasteiger partial charge on any atom is 0.134 e. The highest BCUT2D eigenvalue weighted by Gasteiger charge is 2.07. The number of rotatable bonds is 2. The van der Waals surface area contributed by atoms with Gasteiger partial charge in [0.15, 0.2) is 0 Å². The van der Waals surface area contributed by atoms with Crippen molar-refractivity contribution < 1.29 is 4.42 Å². The fraction of sp³-hybridized carbons (Fsp3) is 0.167. The van der Waals surface area contributed by atoms with Gasteiger partial charge in [-0.25, -0.2) is 0 Å². The average molecular weight is 266 g/mol. The molecule has 0 aliphatic heterocycles. The number of benzene rings is 1. The van der Waals surface area contributed by atoms with E-state index in [-0.39, 0.29) is 6.04 Å². The van der Waals surface area contributed by atoms with Crippen molar-refractivity contribution in [3.63, 3.8) is 0 Å². The topological polar surface area (TPSA) is 39.2 Å². The summed E-state index contributed by atoms with van der Waals surface area (Å²) < 4.78 is 6.69. The van der Waals surface area contributed by atoms with E-state index in [4.69, 9.17) is 10.2 Å². The van der Waals surface area contributed by atoms with Crippen LogP contribution in [-0.4, -0.2) is 0 Å². The Hall–Kier alpha value is -1.06. The summed E-state index contributed by atoms with van der Waals surface area (Å²) in [7, 11) is 0. The molecule has 1 heterocycles. The van der Waals surface area contributed by atoms with Crippen LogP contribution in [0.4, 0.5) is 0 Å². The van der Waals surface area contributed by atoms with E-state index in [2.05, 4.69) is 15.9 Å². The number of nitrogens with two attached hydrogens (primary N) is 1. The molecule has 2 N–H and O–H groups in total. The first-order valence-corrected chi connectivity index (χ1v) is 5.57. The SMILES string of the molecule is CC(N)c1ccc(-c2ccc(Br)cc2)o1. The molecular formula is C12H12BrNO. The molecule has 0 saturated heterocycles. The van der Waals surface area contributed by atoms with Crippen LogP contribution in [0, 0.1) is 0 Å².